The highest BCUT2D eigenvalue weighted by atomic mass is 16.6. The summed E-state index contributed by atoms with van der Waals surface area (Å²) in [6.07, 6.45) is 1.92. The molecular weight excluding hydrogens is 668 g/mol. The SMILES string of the molecule is CCC(C(=O)OCC(COC(=O)C(CC)c1ccccc1)(COC(=O)C(CC)c1ccccc1)COC(=O)C(CC)c1ccccc1)c1ccccc1. The fraction of sp³-hybridized carbons (Fsp3) is 0.378. The summed E-state index contributed by atoms with van der Waals surface area (Å²) >= 11 is 0. The lowest BCUT2D eigenvalue weighted by atomic mass is 9.90. The Morgan fingerprint density at radius 3 is 0.736 bits per heavy atom. The standard InChI is InChI=1S/C45H52O8/c1-5-37(33-21-13-9-14-22-33)41(46)50-29-45(30-51-42(47)38(6-2)34-23-15-10-16-24-34,31-52-43(48)39(7-3)35-25-17-11-18-26-35)32-53-44(49)40(8-4)36-27-19-12-20-28-36/h9-28,37-40H,5-8,29-32H2,1-4H3. The minimum atomic E-state index is -1.43. The van der Waals surface area contributed by atoms with Gasteiger partial charge < -0.3 is 18.9 Å². The van der Waals surface area contributed by atoms with E-state index in [-0.39, 0.29) is 26.4 Å². The highest BCUT2D eigenvalue weighted by Gasteiger charge is 2.40. The van der Waals surface area contributed by atoms with E-state index >= 15 is 0 Å². The Bertz CT molecular complexity index is 1450. The molecule has 53 heavy (non-hydrogen) atoms. The molecule has 0 aliphatic rings. The molecule has 0 spiro atoms. The van der Waals surface area contributed by atoms with Crippen LogP contribution < -0.4 is 0 Å². The topological polar surface area (TPSA) is 105 Å². The average Bonchev–Trinajstić information content (AvgIpc) is 3.20. The van der Waals surface area contributed by atoms with E-state index in [4.69, 9.17) is 18.9 Å². The second kappa shape index (κ2) is 20.7. The predicted octanol–water partition coefficient (Wildman–Crippen LogP) is 8.92. The van der Waals surface area contributed by atoms with Crippen molar-refractivity contribution < 1.29 is 38.1 Å². The number of hydrogen-bond acceptors (Lipinski definition) is 8. The van der Waals surface area contributed by atoms with Gasteiger partial charge in [-0.2, -0.15) is 0 Å². The molecule has 0 aliphatic heterocycles. The molecule has 0 N–H and O–H groups in total. The zero-order valence-electron chi connectivity index (χ0n) is 31.3. The van der Waals surface area contributed by atoms with Gasteiger partial charge in [-0.1, -0.05) is 149 Å². The molecule has 4 atom stereocenters. The molecule has 4 aromatic carbocycles. The van der Waals surface area contributed by atoms with E-state index in [1.54, 1.807) is 0 Å². The van der Waals surface area contributed by atoms with Crippen LogP contribution in [0.3, 0.4) is 0 Å². The quantitative estimate of drug-likeness (QED) is 0.0659. The van der Waals surface area contributed by atoms with Crippen LogP contribution in [0.1, 0.15) is 99.3 Å². The summed E-state index contributed by atoms with van der Waals surface area (Å²) in [6, 6.07) is 37.3. The van der Waals surface area contributed by atoms with Gasteiger partial charge in [0.25, 0.3) is 0 Å². The highest BCUT2D eigenvalue weighted by Crippen LogP contribution is 2.30. The van der Waals surface area contributed by atoms with Crippen molar-refractivity contribution in [1.82, 2.24) is 0 Å². The molecule has 4 unspecified atom stereocenters. The van der Waals surface area contributed by atoms with Crippen molar-refractivity contribution in [1.29, 1.82) is 0 Å². The molecule has 0 bridgehead atoms. The van der Waals surface area contributed by atoms with Crippen molar-refractivity contribution in [3.05, 3.63) is 144 Å². The van der Waals surface area contributed by atoms with Crippen molar-refractivity contribution in [2.24, 2.45) is 5.41 Å². The minimum absolute atomic E-state index is 0.338. The normalized spacial score (nSPS) is 14.4. The Kier molecular flexibility index (Phi) is 15.8. The first-order valence-corrected chi connectivity index (χ1v) is 18.6. The molecule has 8 heteroatoms. The first-order valence-electron chi connectivity index (χ1n) is 18.6. The summed E-state index contributed by atoms with van der Waals surface area (Å²) in [7, 11) is 0. The maximum absolute atomic E-state index is 13.7. The van der Waals surface area contributed by atoms with Gasteiger partial charge in [0.1, 0.15) is 31.8 Å². The Morgan fingerprint density at radius 1 is 0.377 bits per heavy atom. The van der Waals surface area contributed by atoms with E-state index in [9.17, 15) is 19.2 Å². The summed E-state index contributed by atoms with van der Waals surface area (Å²) in [5.41, 5.74) is 1.76. The van der Waals surface area contributed by atoms with E-state index < -0.39 is 53.0 Å². The van der Waals surface area contributed by atoms with Crippen molar-refractivity contribution in [2.75, 3.05) is 26.4 Å². The molecule has 0 fully saturated rings. The Labute approximate surface area is 313 Å². The van der Waals surface area contributed by atoms with Gasteiger partial charge in [0.15, 0.2) is 0 Å². The molecule has 0 aromatic heterocycles. The lowest BCUT2D eigenvalue weighted by Crippen LogP contribution is -2.45. The van der Waals surface area contributed by atoms with Crippen LogP contribution in [0.15, 0.2) is 121 Å². The summed E-state index contributed by atoms with van der Waals surface area (Å²) in [5.74, 6) is -4.21. The van der Waals surface area contributed by atoms with Crippen LogP contribution in [-0.2, 0) is 38.1 Å². The molecule has 0 radical (unpaired) electrons. The summed E-state index contributed by atoms with van der Waals surface area (Å²) < 4.78 is 24.1. The van der Waals surface area contributed by atoms with Crippen molar-refractivity contribution >= 4 is 23.9 Å². The van der Waals surface area contributed by atoms with Crippen LogP contribution in [0.25, 0.3) is 0 Å². The lowest BCUT2D eigenvalue weighted by Gasteiger charge is -2.33. The third kappa shape index (κ3) is 11.4. The third-order valence-electron chi connectivity index (χ3n) is 9.66. The minimum Gasteiger partial charge on any atom is -0.464 e. The van der Waals surface area contributed by atoms with Crippen LogP contribution in [0.5, 0.6) is 0 Å². The molecular formula is C45H52O8. The molecule has 0 aliphatic carbocycles. The van der Waals surface area contributed by atoms with Gasteiger partial charge in [-0.25, -0.2) is 0 Å². The summed E-state index contributed by atoms with van der Waals surface area (Å²) in [5, 5.41) is 0. The Hall–Kier alpha value is -5.24. The molecule has 0 saturated carbocycles. The lowest BCUT2D eigenvalue weighted by molar-refractivity contribution is -0.172. The molecule has 0 heterocycles. The van der Waals surface area contributed by atoms with E-state index in [1.807, 2.05) is 149 Å². The van der Waals surface area contributed by atoms with Gasteiger partial charge >= 0.3 is 23.9 Å². The van der Waals surface area contributed by atoms with E-state index in [0.717, 1.165) is 22.3 Å². The van der Waals surface area contributed by atoms with Gasteiger partial charge in [-0.3, -0.25) is 19.2 Å². The van der Waals surface area contributed by atoms with E-state index in [2.05, 4.69) is 0 Å². The van der Waals surface area contributed by atoms with Gasteiger partial charge in [-0.05, 0) is 47.9 Å². The van der Waals surface area contributed by atoms with Crippen LogP contribution in [0.2, 0.25) is 0 Å². The zero-order valence-corrected chi connectivity index (χ0v) is 31.3. The Morgan fingerprint density at radius 2 is 0.566 bits per heavy atom. The first kappa shape index (κ1) is 40.5. The zero-order chi connectivity index (χ0) is 38.1. The summed E-state index contributed by atoms with van der Waals surface area (Å²) in [4.78, 5) is 54.8. The van der Waals surface area contributed by atoms with Gasteiger partial charge in [0.2, 0.25) is 0 Å². The highest BCUT2D eigenvalue weighted by molar-refractivity contribution is 5.80. The average molecular weight is 721 g/mol. The number of carbonyl (C=O) groups is 4. The number of benzene rings is 4. The molecule has 4 rings (SSSR count). The smallest absolute Gasteiger partial charge is 0.313 e. The molecule has 0 saturated heterocycles. The second-order valence-electron chi connectivity index (χ2n) is 13.4. The number of hydrogen-bond donors (Lipinski definition) is 0. The van der Waals surface area contributed by atoms with E-state index in [1.165, 1.54) is 0 Å². The number of ether oxygens (including phenoxy) is 4. The van der Waals surface area contributed by atoms with E-state index in [0.29, 0.717) is 25.7 Å². The number of carbonyl (C=O) groups excluding carboxylic acids is 4. The summed E-state index contributed by atoms with van der Waals surface area (Å²) in [6.45, 7) is 6.24. The maximum atomic E-state index is 13.7. The van der Waals surface area contributed by atoms with Crippen LogP contribution >= 0.6 is 0 Å². The maximum Gasteiger partial charge on any atom is 0.313 e. The largest absolute Gasteiger partial charge is 0.464 e. The first-order chi connectivity index (χ1) is 25.8. The fourth-order valence-electron chi connectivity index (χ4n) is 6.44. The second-order valence-corrected chi connectivity index (χ2v) is 13.4. The van der Waals surface area contributed by atoms with Gasteiger partial charge in [-0.15, -0.1) is 0 Å². The van der Waals surface area contributed by atoms with Gasteiger partial charge in [0.05, 0.1) is 23.7 Å². The monoisotopic (exact) mass is 720 g/mol. The molecule has 0 amide bonds. The molecule has 280 valence electrons. The van der Waals surface area contributed by atoms with Crippen molar-refractivity contribution in [2.45, 2.75) is 77.0 Å². The van der Waals surface area contributed by atoms with Crippen LogP contribution in [0, 0.1) is 5.41 Å². The number of esters is 4. The predicted molar refractivity (Wildman–Crippen MR) is 204 cm³/mol. The van der Waals surface area contributed by atoms with Crippen LogP contribution in [0.4, 0.5) is 0 Å². The van der Waals surface area contributed by atoms with Crippen molar-refractivity contribution in [3.8, 4) is 0 Å². The van der Waals surface area contributed by atoms with Crippen LogP contribution in [-0.4, -0.2) is 50.3 Å². The molecule has 8 nitrogen and oxygen atoms in total. The third-order valence-corrected chi connectivity index (χ3v) is 9.66. The Balaban J connectivity index is 1.67. The number of rotatable bonds is 20. The van der Waals surface area contributed by atoms with Gasteiger partial charge in [0, 0.05) is 0 Å². The molecule has 4 aromatic rings. The fourth-order valence-corrected chi connectivity index (χ4v) is 6.44. The van der Waals surface area contributed by atoms with Crippen molar-refractivity contribution in [3.63, 3.8) is 0 Å².